The lowest BCUT2D eigenvalue weighted by atomic mass is 9.77. The first kappa shape index (κ1) is 27.4. The molecule has 6 nitrogen and oxygen atoms in total. The number of benzene rings is 2. The number of carbonyl (C=O) groups is 1. The molecular formula is C28H28BF3N2O4S. The van der Waals surface area contributed by atoms with Crippen molar-refractivity contribution in [2.24, 2.45) is 0 Å². The molecular weight excluding hydrogens is 528 g/mol. The Labute approximate surface area is 229 Å². The standard InChI is InChI=1S/C28H28BF3N2O4S/c1-26(2)27(3,4)38-29(37-26)17(13-24-34-23(16-39-24)28(30,31)32)14-33-25(35)36-15-22-20-11-7-5-9-18(20)19-10-6-8-12-21(19)22/h5-13,16,22H,14-15H2,1-4H3,(H,33,35). The minimum atomic E-state index is -4.55. The Hall–Kier alpha value is -3.15. The number of fused-ring (bicyclic) bond motifs is 3. The van der Waals surface area contributed by atoms with E-state index in [-0.39, 0.29) is 24.1 Å². The van der Waals surface area contributed by atoms with Crippen LogP contribution in [0.25, 0.3) is 17.2 Å². The fraction of sp³-hybridized carbons (Fsp3) is 0.357. The molecule has 2 aromatic carbocycles. The fourth-order valence-corrected chi connectivity index (χ4v) is 5.45. The number of hydrogen-bond acceptors (Lipinski definition) is 6. The number of nitrogens with zero attached hydrogens (tertiary/aromatic N) is 1. The topological polar surface area (TPSA) is 69.7 Å². The third-order valence-corrected chi connectivity index (χ3v) is 8.25. The average Bonchev–Trinajstić information content (AvgIpc) is 3.53. The van der Waals surface area contributed by atoms with Gasteiger partial charge in [0, 0.05) is 17.8 Å². The van der Waals surface area contributed by atoms with Crippen LogP contribution in [-0.4, -0.2) is 42.5 Å². The van der Waals surface area contributed by atoms with Crippen molar-refractivity contribution in [2.75, 3.05) is 13.2 Å². The summed E-state index contributed by atoms with van der Waals surface area (Å²) in [6, 6.07) is 16.1. The van der Waals surface area contributed by atoms with Gasteiger partial charge in [-0.3, -0.25) is 0 Å². The number of alkyl halides is 3. The second kappa shape index (κ2) is 10.1. The molecule has 3 aromatic rings. The van der Waals surface area contributed by atoms with Gasteiger partial charge in [-0.2, -0.15) is 13.2 Å². The lowest BCUT2D eigenvalue weighted by molar-refractivity contribution is -0.140. The first-order valence-electron chi connectivity index (χ1n) is 12.5. The van der Waals surface area contributed by atoms with Crippen molar-refractivity contribution in [1.29, 1.82) is 0 Å². The predicted octanol–water partition coefficient (Wildman–Crippen LogP) is 6.72. The zero-order chi connectivity index (χ0) is 28.0. The Morgan fingerprint density at radius 3 is 2.15 bits per heavy atom. The molecule has 1 fully saturated rings. The Balaban J connectivity index is 1.30. The number of rotatable bonds is 6. The molecule has 2 heterocycles. The highest BCUT2D eigenvalue weighted by Gasteiger charge is 2.52. The number of amides is 1. The molecule has 1 aliphatic heterocycles. The normalized spacial score (nSPS) is 18.1. The molecule has 0 bridgehead atoms. The van der Waals surface area contributed by atoms with Crippen molar-refractivity contribution in [1.82, 2.24) is 10.3 Å². The van der Waals surface area contributed by atoms with Gasteiger partial charge in [-0.05, 0) is 61.5 Å². The van der Waals surface area contributed by atoms with E-state index in [2.05, 4.69) is 22.4 Å². The summed E-state index contributed by atoms with van der Waals surface area (Å²) < 4.78 is 57.1. The van der Waals surface area contributed by atoms with Crippen molar-refractivity contribution >= 4 is 30.6 Å². The molecule has 0 spiro atoms. The van der Waals surface area contributed by atoms with E-state index in [1.165, 1.54) is 6.08 Å². The van der Waals surface area contributed by atoms with Crippen molar-refractivity contribution < 1.29 is 32.0 Å². The Morgan fingerprint density at radius 2 is 1.62 bits per heavy atom. The largest absolute Gasteiger partial charge is 0.492 e. The molecule has 0 saturated carbocycles. The first-order chi connectivity index (χ1) is 18.4. The van der Waals surface area contributed by atoms with E-state index in [0.29, 0.717) is 5.47 Å². The molecule has 1 saturated heterocycles. The number of thiazole rings is 1. The molecule has 11 heteroatoms. The monoisotopic (exact) mass is 556 g/mol. The van der Waals surface area contributed by atoms with E-state index < -0.39 is 36.3 Å². The van der Waals surface area contributed by atoms with Crippen LogP contribution in [0.4, 0.5) is 18.0 Å². The first-order valence-corrected chi connectivity index (χ1v) is 13.4. The minimum absolute atomic E-state index is 0.0611. The van der Waals surface area contributed by atoms with Gasteiger partial charge < -0.3 is 19.4 Å². The van der Waals surface area contributed by atoms with Crippen LogP contribution in [0.15, 0.2) is 59.4 Å². The summed E-state index contributed by atoms with van der Waals surface area (Å²) in [6.45, 7) is 7.55. The Morgan fingerprint density at radius 1 is 1.05 bits per heavy atom. The Bertz CT molecular complexity index is 1360. The summed E-state index contributed by atoms with van der Waals surface area (Å²) in [5.41, 5.74) is 2.51. The molecule has 39 heavy (non-hydrogen) atoms. The maximum atomic E-state index is 13.1. The van der Waals surface area contributed by atoms with Crippen LogP contribution in [0.2, 0.25) is 0 Å². The van der Waals surface area contributed by atoms with Crippen molar-refractivity contribution in [2.45, 2.75) is 51.0 Å². The maximum absolute atomic E-state index is 13.1. The fourth-order valence-electron chi connectivity index (χ4n) is 4.66. The van der Waals surface area contributed by atoms with E-state index >= 15 is 0 Å². The van der Waals surface area contributed by atoms with Gasteiger partial charge in [0.1, 0.15) is 11.6 Å². The molecule has 5 rings (SSSR count). The molecule has 0 atom stereocenters. The van der Waals surface area contributed by atoms with Crippen LogP contribution < -0.4 is 5.32 Å². The number of alkyl carbamates (subject to hydrolysis) is 1. The van der Waals surface area contributed by atoms with Gasteiger partial charge in [0.2, 0.25) is 0 Å². The van der Waals surface area contributed by atoms with Crippen LogP contribution in [0.5, 0.6) is 0 Å². The molecule has 1 aliphatic carbocycles. The van der Waals surface area contributed by atoms with Gasteiger partial charge in [0.25, 0.3) is 0 Å². The van der Waals surface area contributed by atoms with E-state index in [4.69, 9.17) is 14.0 Å². The lowest BCUT2D eigenvalue weighted by Crippen LogP contribution is -2.41. The van der Waals surface area contributed by atoms with Crippen molar-refractivity contribution in [3.8, 4) is 11.1 Å². The van der Waals surface area contributed by atoms with Crippen LogP contribution in [-0.2, 0) is 20.2 Å². The summed E-state index contributed by atoms with van der Waals surface area (Å²) in [4.78, 5) is 16.5. The van der Waals surface area contributed by atoms with E-state index in [1.807, 2.05) is 64.1 Å². The van der Waals surface area contributed by atoms with Crippen molar-refractivity contribution in [3.63, 3.8) is 0 Å². The molecule has 0 unspecified atom stereocenters. The SMILES string of the molecule is CC1(C)OB(C(=Cc2nc(C(F)(F)F)cs2)CNC(=O)OCC2c3ccccc3-c3ccccc32)OC1(C)C. The second-order valence-corrected chi connectivity index (χ2v) is 11.4. The van der Waals surface area contributed by atoms with Crippen LogP contribution in [0.3, 0.4) is 0 Å². The molecule has 0 radical (unpaired) electrons. The van der Waals surface area contributed by atoms with Gasteiger partial charge in [0.05, 0.1) is 11.2 Å². The summed E-state index contributed by atoms with van der Waals surface area (Å²) in [6.07, 6.45) is -3.74. The van der Waals surface area contributed by atoms with Gasteiger partial charge >= 0.3 is 19.4 Å². The minimum Gasteiger partial charge on any atom is -0.449 e. The van der Waals surface area contributed by atoms with Crippen LogP contribution >= 0.6 is 11.3 Å². The number of hydrogen-bond donors (Lipinski definition) is 1. The smallest absolute Gasteiger partial charge is 0.449 e. The average molecular weight is 556 g/mol. The summed E-state index contributed by atoms with van der Waals surface area (Å²) in [7, 11) is -0.887. The highest BCUT2D eigenvalue weighted by molar-refractivity contribution is 7.10. The van der Waals surface area contributed by atoms with Gasteiger partial charge in [0.15, 0.2) is 5.69 Å². The molecule has 1 aromatic heterocycles. The maximum Gasteiger partial charge on any atom is 0.492 e. The summed E-state index contributed by atoms with van der Waals surface area (Å²) in [5, 5.41) is 3.79. The highest BCUT2D eigenvalue weighted by atomic mass is 32.1. The van der Waals surface area contributed by atoms with Gasteiger partial charge in [-0.15, -0.1) is 11.3 Å². The zero-order valence-corrected chi connectivity index (χ0v) is 22.8. The number of aromatic nitrogens is 1. The van der Waals surface area contributed by atoms with Crippen molar-refractivity contribution in [3.05, 3.63) is 81.2 Å². The molecule has 1 amide bonds. The number of ether oxygens (including phenoxy) is 1. The van der Waals surface area contributed by atoms with Gasteiger partial charge in [-0.1, -0.05) is 48.5 Å². The zero-order valence-electron chi connectivity index (χ0n) is 22.0. The predicted molar refractivity (Wildman–Crippen MR) is 144 cm³/mol. The highest BCUT2D eigenvalue weighted by Crippen LogP contribution is 2.44. The number of carbonyl (C=O) groups excluding carboxylic acids is 1. The van der Waals surface area contributed by atoms with Crippen LogP contribution in [0.1, 0.15) is 55.4 Å². The van der Waals surface area contributed by atoms with E-state index in [0.717, 1.165) is 39.0 Å². The molecule has 204 valence electrons. The third kappa shape index (κ3) is 5.48. The number of halogens is 3. The molecule has 2 aliphatic rings. The lowest BCUT2D eigenvalue weighted by Gasteiger charge is -2.32. The third-order valence-electron chi connectivity index (χ3n) is 7.46. The molecule has 1 N–H and O–H groups in total. The summed E-state index contributed by atoms with van der Waals surface area (Å²) >= 11 is 0.849. The van der Waals surface area contributed by atoms with E-state index in [9.17, 15) is 18.0 Å². The van der Waals surface area contributed by atoms with E-state index in [1.54, 1.807) is 0 Å². The number of nitrogens with one attached hydrogen (secondary N) is 1. The quantitative estimate of drug-likeness (QED) is 0.342. The Kier molecular flexibility index (Phi) is 7.11. The summed E-state index contributed by atoms with van der Waals surface area (Å²) in [5.74, 6) is -0.0997. The second-order valence-electron chi connectivity index (χ2n) is 10.6. The van der Waals surface area contributed by atoms with Gasteiger partial charge in [-0.25, -0.2) is 9.78 Å². The van der Waals surface area contributed by atoms with Crippen LogP contribution in [0, 0.1) is 0 Å².